The standard InChI is InChI=1S/C17H16N4OS/c1-21-17(18-12-13-8-4-2-5-9-13)23-16(20-21)19-15(22)14-10-6-3-7-11-14/h2-11H,12H2,1H3,(H,19,20,22). The zero-order chi connectivity index (χ0) is 16.1. The number of aryl methyl sites for hydroxylation is 1. The lowest BCUT2D eigenvalue weighted by Gasteiger charge is -1.99. The molecule has 0 radical (unpaired) electrons. The van der Waals surface area contributed by atoms with Crippen LogP contribution >= 0.6 is 11.3 Å². The van der Waals surface area contributed by atoms with Crippen LogP contribution in [0.4, 0.5) is 5.13 Å². The zero-order valence-electron chi connectivity index (χ0n) is 12.6. The van der Waals surface area contributed by atoms with Crippen molar-refractivity contribution in [1.29, 1.82) is 0 Å². The van der Waals surface area contributed by atoms with Crippen LogP contribution in [0.3, 0.4) is 0 Å². The van der Waals surface area contributed by atoms with E-state index >= 15 is 0 Å². The van der Waals surface area contributed by atoms with E-state index in [2.05, 4.69) is 15.4 Å². The average molecular weight is 324 g/mol. The van der Waals surface area contributed by atoms with E-state index < -0.39 is 0 Å². The molecule has 0 unspecified atom stereocenters. The van der Waals surface area contributed by atoms with Crippen molar-refractivity contribution < 1.29 is 4.79 Å². The van der Waals surface area contributed by atoms with E-state index in [-0.39, 0.29) is 5.91 Å². The van der Waals surface area contributed by atoms with Crippen molar-refractivity contribution in [3.05, 3.63) is 76.6 Å². The van der Waals surface area contributed by atoms with Gasteiger partial charge in [0.15, 0.2) is 0 Å². The summed E-state index contributed by atoms with van der Waals surface area (Å²) in [6, 6.07) is 19.1. The van der Waals surface area contributed by atoms with E-state index in [0.29, 0.717) is 17.2 Å². The van der Waals surface area contributed by atoms with Gasteiger partial charge in [0.25, 0.3) is 5.91 Å². The molecule has 116 valence electrons. The minimum atomic E-state index is -0.172. The number of hydrogen-bond donors (Lipinski definition) is 1. The number of anilines is 1. The molecule has 0 aliphatic rings. The lowest BCUT2D eigenvalue weighted by molar-refractivity contribution is 0.102. The van der Waals surface area contributed by atoms with Gasteiger partial charge in [0.05, 0.1) is 6.54 Å². The number of rotatable bonds is 4. The van der Waals surface area contributed by atoms with Crippen LogP contribution in [0.2, 0.25) is 0 Å². The lowest BCUT2D eigenvalue weighted by atomic mass is 10.2. The first kappa shape index (κ1) is 15.2. The molecule has 23 heavy (non-hydrogen) atoms. The van der Waals surface area contributed by atoms with E-state index in [1.54, 1.807) is 16.8 Å². The number of nitrogens with zero attached hydrogens (tertiary/aromatic N) is 3. The predicted octanol–water partition coefficient (Wildman–Crippen LogP) is 2.83. The largest absolute Gasteiger partial charge is 0.296 e. The maximum absolute atomic E-state index is 12.1. The van der Waals surface area contributed by atoms with Crippen molar-refractivity contribution >= 4 is 22.4 Å². The summed E-state index contributed by atoms with van der Waals surface area (Å²) in [5.74, 6) is -0.172. The Bertz CT molecular complexity index is 853. The quantitative estimate of drug-likeness (QED) is 0.802. The monoisotopic (exact) mass is 324 g/mol. The third-order valence-corrected chi connectivity index (χ3v) is 4.15. The average Bonchev–Trinajstić information content (AvgIpc) is 2.94. The first-order valence-electron chi connectivity index (χ1n) is 7.17. The molecule has 0 bridgehead atoms. The Morgan fingerprint density at radius 3 is 2.48 bits per heavy atom. The highest BCUT2D eigenvalue weighted by atomic mass is 32.1. The van der Waals surface area contributed by atoms with Crippen LogP contribution in [0, 0.1) is 0 Å². The van der Waals surface area contributed by atoms with E-state index in [1.807, 2.05) is 55.6 Å². The van der Waals surface area contributed by atoms with Crippen LogP contribution in [0.15, 0.2) is 65.7 Å². The summed E-state index contributed by atoms with van der Waals surface area (Å²) in [6.07, 6.45) is 0. The molecule has 0 aliphatic carbocycles. The summed E-state index contributed by atoms with van der Waals surface area (Å²) in [4.78, 5) is 17.4. The lowest BCUT2D eigenvalue weighted by Crippen LogP contribution is -2.13. The molecule has 1 heterocycles. The number of hydrogen-bond acceptors (Lipinski definition) is 4. The topological polar surface area (TPSA) is 59.3 Å². The van der Waals surface area contributed by atoms with Gasteiger partial charge in [-0.2, -0.15) is 0 Å². The van der Waals surface area contributed by atoms with Crippen LogP contribution in [0.1, 0.15) is 15.9 Å². The van der Waals surface area contributed by atoms with Crippen LogP contribution in [0.5, 0.6) is 0 Å². The summed E-state index contributed by atoms with van der Waals surface area (Å²) >= 11 is 1.35. The van der Waals surface area contributed by atoms with Crippen molar-refractivity contribution in [3.8, 4) is 0 Å². The van der Waals surface area contributed by atoms with Gasteiger partial charge in [0.1, 0.15) is 0 Å². The Morgan fingerprint density at radius 1 is 1.13 bits per heavy atom. The minimum Gasteiger partial charge on any atom is -0.296 e. The highest BCUT2D eigenvalue weighted by Crippen LogP contribution is 2.09. The fourth-order valence-electron chi connectivity index (χ4n) is 2.04. The van der Waals surface area contributed by atoms with Gasteiger partial charge >= 0.3 is 0 Å². The van der Waals surface area contributed by atoms with E-state index in [0.717, 1.165) is 10.4 Å². The smallest absolute Gasteiger partial charge is 0.257 e. The molecule has 3 aromatic rings. The van der Waals surface area contributed by atoms with Gasteiger partial charge in [-0.1, -0.05) is 59.9 Å². The van der Waals surface area contributed by atoms with Crippen LogP contribution in [0.25, 0.3) is 0 Å². The molecule has 0 spiro atoms. The van der Waals surface area contributed by atoms with Crippen LogP contribution < -0.4 is 10.1 Å². The molecule has 3 rings (SSSR count). The maximum Gasteiger partial charge on any atom is 0.257 e. The summed E-state index contributed by atoms with van der Waals surface area (Å²) in [5, 5.41) is 7.64. The Kier molecular flexibility index (Phi) is 4.63. The Balaban J connectivity index is 1.75. The maximum atomic E-state index is 12.1. The van der Waals surface area contributed by atoms with Crippen molar-refractivity contribution in [3.63, 3.8) is 0 Å². The molecule has 0 saturated carbocycles. The molecule has 1 N–H and O–H groups in total. The van der Waals surface area contributed by atoms with Gasteiger partial charge in [-0.15, -0.1) is 5.10 Å². The third-order valence-electron chi connectivity index (χ3n) is 3.20. The molecule has 0 saturated heterocycles. The summed E-state index contributed by atoms with van der Waals surface area (Å²) in [7, 11) is 1.82. The number of amides is 1. The van der Waals surface area contributed by atoms with Gasteiger partial charge in [-0.25, -0.2) is 4.68 Å². The molecule has 2 aromatic carbocycles. The summed E-state index contributed by atoms with van der Waals surface area (Å²) in [6.45, 7) is 0.586. The fraction of sp³-hybridized carbons (Fsp3) is 0.118. The van der Waals surface area contributed by atoms with E-state index in [4.69, 9.17) is 0 Å². The normalized spacial score (nSPS) is 11.4. The van der Waals surface area contributed by atoms with Gasteiger partial charge in [-0.3, -0.25) is 15.1 Å². The molecule has 6 heteroatoms. The third kappa shape index (κ3) is 3.92. The first-order valence-corrected chi connectivity index (χ1v) is 7.99. The Hall–Kier alpha value is -2.73. The van der Waals surface area contributed by atoms with E-state index in [9.17, 15) is 4.79 Å². The molecular weight excluding hydrogens is 308 g/mol. The molecule has 0 atom stereocenters. The molecule has 5 nitrogen and oxygen atoms in total. The predicted molar refractivity (Wildman–Crippen MR) is 91.2 cm³/mol. The second kappa shape index (κ2) is 7.02. The Morgan fingerprint density at radius 2 is 1.78 bits per heavy atom. The van der Waals surface area contributed by atoms with Crippen molar-refractivity contribution in [2.45, 2.75) is 6.54 Å². The SMILES string of the molecule is Cn1nc(NC(=O)c2ccccc2)sc1=NCc1ccccc1. The Labute approximate surface area is 138 Å². The van der Waals surface area contributed by atoms with Crippen LogP contribution in [-0.4, -0.2) is 15.7 Å². The van der Waals surface area contributed by atoms with Crippen molar-refractivity contribution in [2.75, 3.05) is 5.32 Å². The summed E-state index contributed by atoms with van der Waals surface area (Å²) < 4.78 is 1.67. The molecule has 0 fully saturated rings. The second-order valence-corrected chi connectivity index (χ2v) is 5.89. The highest BCUT2D eigenvalue weighted by Gasteiger charge is 2.08. The van der Waals surface area contributed by atoms with Gasteiger partial charge < -0.3 is 0 Å². The van der Waals surface area contributed by atoms with Crippen LogP contribution in [-0.2, 0) is 13.6 Å². The van der Waals surface area contributed by atoms with Gasteiger partial charge in [-0.05, 0) is 17.7 Å². The zero-order valence-corrected chi connectivity index (χ0v) is 13.5. The minimum absolute atomic E-state index is 0.172. The summed E-state index contributed by atoms with van der Waals surface area (Å²) in [5.41, 5.74) is 1.74. The first-order chi connectivity index (χ1) is 11.2. The second-order valence-electron chi connectivity index (χ2n) is 4.94. The number of carbonyl (C=O) groups excluding carboxylic acids is 1. The van der Waals surface area contributed by atoms with Gasteiger partial charge in [0, 0.05) is 12.6 Å². The number of aromatic nitrogens is 2. The number of carbonyl (C=O) groups is 1. The molecule has 0 aliphatic heterocycles. The van der Waals surface area contributed by atoms with Gasteiger partial charge in [0.2, 0.25) is 9.93 Å². The molecule has 1 aromatic heterocycles. The number of benzene rings is 2. The van der Waals surface area contributed by atoms with Crippen molar-refractivity contribution in [1.82, 2.24) is 9.78 Å². The highest BCUT2D eigenvalue weighted by molar-refractivity contribution is 7.13. The van der Waals surface area contributed by atoms with Crippen molar-refractivity contribution in [2.24, 2.45) is 12.0 Å². The fourth-order valence-corrected chi connectivity index (χ4v) is 2.82. The molecule has 1 amide bonds. The number of nitrogens with one attached hydrogen (secondary N) is 1. The van der Waals surface area contributed by atoms with E-state index in [1.165, 1.54) is 11.3 Å². The molecular formula is C17H16N4OS.